The number of rotatable bonds is 5. The molecule has 30 heavy (non-hydrogen) atoms. The number of hydrogen-bond donors (Lipinski definition) is 3. The van der Waals surface area contributed by atoms with Crippen molar-refractivity contribution in [2.24, 2.45) is 0 Å². The Bertz CT molecular complexity index is 1190. The number of aromatic nitrogens is 1. The van der Waals surface area contributed by atoms with Gasteiger partial charge in [-0.05, 0) is 62.9 Å². The summed E-state index contributed by atoms with van der Waals surface area (Å²) < 4.78 is 69.1. The molecule has 0 amide bonds. The van der Waals surface area contributed by atoms with Crippen LogP contribution in [0.5, 0.6) is 5.75 Å². The van der Waals surface area contributed by atoms with Gasteiger partial charge in [-0.3, -0.25) is 0 Å². The molecule has 0 aliphatic heterocycles. The van der Waals surface area contributed by atoms with Crippen molar-refractivity contribution in [2.75, 3.05) is 0 Å². The average molecular weight is 440 g/mol. The lowest BCUT2D eigenvalue weighted by molar-refractivity contribution is -0.150. The third-order valence-electron chi connectivity index (χ3n) is 5.15. The molecule has 1 atom stereocenters. The third kappa shape index (κ3) is 4.17. The van der Waals surface area contributed by atoms with Crippen LogP contribution in [0.15, 0.2) is 35.4 Å². The summed E-state index contributed by atoms with van der Waals surface area (Å²) in [4.78, 5) is 2.73. The molecule has 3 aromatic rings. The molecule has 3 rings (SSSR count). The third-order valence-corrected chi connectivity index (χ3v) is 6.93. The molecule has 0 saturated carbocycles. The van der Waals surface area contributed by atoms with Crippen LogP contribution in [-0.4, -0.2) is 30.7 Å². The van der Waals surface area contributed by atoms with Gasteiger partial charge in [-0.25, -0.2) is 8.42 Å². The molecular weight excluding hydrogens is 417 g/mol. The van der Waals surface area contributed by atoms with Crippen molar-refractivity contribution in [3.8, 4) is 5.75 Å². The molecule has 5 nitrogen and oxygen atoms in total. The topological polar surface area (TPSA) is 82.2 Å². The van der Waals surface area contributed by atoms with E-state index in [0.29, 0.717) is 27.6 Å². The molecule has 3 N–H and O–H groups in total. The van der Waals surface area contributed by atoms with Crippen molar-refractivity contribution < 1.29 is 26.7 Å². The zero-order valence-electron chi connectivity index (χ0n) is 17.0. The number of nitrogens with one attached hydrogen (secondary N) is 2. The second-order valence-corrected chi connectivity index (χ2v) is 9.24. The quantitative estimate of drug-likeness (QED) is 0.544. The highest BCUT2D eigenvalue weighted by atomic mass is 32.2. The number of phenols is 1. The molecule has 0 aliphatic carbocycles. The Labute approximate surface area is 173 Å². The number of aromatic amines is 1. The number of benzene rings is 2. The Hall–Kier alpha value is -2.52. The van der Waals surface area contributed by atoms with Crippen LogP contribution >= 0.6 is 0 Å². The predicted molar refractivity (Wildman–Crippen MR) is 109 cm³/mol. The van der Waals surface area contributed by atoms with Crippen LogP contribution < -0.4 is 4.72 Å². The zero-order chi connectivity index (χ0) is 22.4. The molecule has 2 aromatic carbocycles. The number of fused-ring (bicyclic) bond motifs is 1. The average Bonchev–Trinajstić information content (AvgIpc) is 2.99. The van der Waals surface area contributed by atoms with Gasteiger partial charge in [0.2, 0.25) is 10.0 Å². The van der Waals surface area contributed by atoms with Crippen LogP contribution in [0.4, 0.5) is 13.2 Å². The molecule has 0 saturated heterocycles. The normalized spacial score (nSPS) is 13.7. The fourth-order valence-electron chi connectivity index (χ4n) is 3.91. The summed E-state index contributed by atoms with van der Waals surface area (Å²) in [5.41, 5.74) is 2.85. The van der Waals surface area contributed by atoms with E-state index < -0.39 is 28.7 Å². The first-order valence-electron chi connectivity index (χ1n) is 9.26. The number of alkyl halides is 3. The largest absolute Gasteiger partial charge is 0.508 e. The first kappa shape index (κ1) is 22.2. The summed E-state index contributed by atoms with van der Waals surface area (Å²) in [6, 6.07) is 3.92. The van der Waals surface area contributed by atoms with E-state index in [1.165, 1.54) is 12.3 Å². The van der Waals surface area contributed by atoms with Crippen LogP contribution in [0.3, 0.4) is 0 Å². The highest BCUT2D eigenvalue weighted by Crippen LogP contribution is 2.33. The SMILES string of the molecule is Cc1cc(C)c(S(=O)(=O)NC(Cc2c[nH]c3ccc(O)c(C)c23)C(F)(F)F)c(C)c1. The van der Waals surface area contributed by atoms with Crippen molar-refractivity contribution in [1.29, 1.82) is 0 Å². The molecule has 0 aliphatic rings. The van der Waals surface area contributed by atoms with Gasteiger partial charge < -0.3 is 10.1 Å². The lowest BCUT2D eigenvalue weighted by atomic mass is 10.0. The van der Waals surface area contributed by atoms with E-state index in [2.05, 4.69) is 4.98 Å². The van der Waals surface area contributed by atoms with Crippen LogP contribution in [0.25, 0.3) is 10.9 Å². The van der Waals surface area contributed by atoms with Gasteiger partial charge >= 0.3 is 6.18 Å². The van der Waals surface area contributed by atoms with Crippen molar-refractivity contribution in [2.45, 2.75) is 51.2 Å². The van der Waals surface area contributed by atoms with Crippen LogP contribution in [0.2, 0.25) is 0 Å². The van der Waals surface area contributed by atoms with Crippen LogP contribution in [0, 0.1) is 27.7 Å². The number of sulfonamides is 1. The van der Waals surface area contributed by atoms with E-state index >= 15 is 0 Å². The van der Waals surface area contributed by atoms with E-state index in [4.69, 9.17) is 0 Å². The summed E-state index contributed by atoms with van der Waals surface area (Å²) in [5.74, 6) is -0.0432. The van der Waals surface area contributed by atoms with E-state index in [1.54, 1.807) is 45.9 Å². The molecule has 162 valence electrons. The maximum Gasteiger partial charge on any atom is 0.405 e. The molecule has 9 heteroatoms. The van der Waals surface area contributed by atoms with Gasteiger partial charge in [0.05, 0.1) is 4.90 Å². The van der Waals surface area contributed by atoms with Gasteiger partial charge in [0.15, 0.2) is 0 Å². The maximum atomic E-state index is 13.8. The number of H-pyrrole nitrogens is 1. The molecular formula is C21H23F3N2O3S. The first-order valence-corrected chi connectivity index (χ1v) is 10.7. The van der Waals surface area contributed by atoms with Crippen molar-refractivity contribution in [1.82, 2.24) is 9.71 Å². The second-order valence-electron chi connectivity index (χ2n) is 7.59. The first-order chi connectivity index (χ1) is 13.8. The Morgan fingerprint density at radius 1 is 1.10 bits per heavy atom. The fraction of sp³-hybridized carbons (Fsp3) is 0.333. The molecule has 1 unspecified atom stereocenters. The number of hydrogen-bond acceptors (Lipinski definition) is 3. The molecule has 0 spiro atoms. The van der Waals surface area contributed by atoms with Crippen molar-refractivity contribution >= 4 is 20.9 Å². The summed E-state index contributed by atoms with van der Waals surface area (Å²) in [6.45, 7) is 6.50. The monoisotopic (exact) mass is 440 g/mol. The van der Waals surface area contributed by atoms with E-state index in [-0.39, 0.29) is 16.2 Å². The maximum absolute atomic E-state index is 13.8. The van der Waals surface area contributed by atoms with Gasteiger partial charge in [-0.1, -0.05) is 17.7 Å². The van der Waals surface area contributed by atoms with E-state index in [0.717, 1.165) is 5.56 Å². The van der Waals surface area contributed by atoms with Crippen LogP contribution in [0.1, 0.15) is 27.8 Å². The number of aromatic hydroxyl groups is 1. The Morgan fingerprint density at radius 3 is 2.27 bits per heavy atom. The van der Waals surface area contributed by atoms with Gasteiger partial charge in [0, 0.05) is 22.7 Å². The van der Waals surface area contributed by atoms with Crippen LogP contribution in [-0.2, 0) is 16.4 Å². The Kier molecular flexibility index (Phi) is 5.64. The Morgan fingerprint density at radius 2 is 1.70 bits per heavy atom. The standard InChI is InChI=1S/C21H23F3N2O3S/c1-11-7-12(2)20(13(3)8-11)30(28,29)26-18(21(22,23)24)9-15-10-25-16-5-6-17(27)14(4)19(15)16/h5-8,10,18,25-27H,9H2,1-4H3. The van der Waals surface area contributed by atoms with Gasteiger partial charge in [-0.2, -0.15) is 17.9 Å². The lowest BCUT2D eigenvalue weighted by Crippen LogP contribution is -2.47. The number of halogens is 3. The second kappa shape index (κ2) is 7.63. The lowest BCUT2D eigenvalue weighted by Gasteiger charge is -2.23. The molecule has 0 fully saturated rings. The predicted octanol–water partition coefficient (Wildman–Crippen LogP) is 4.56. The minimum Gasteiger partial charge on any atom is -0.508 e. The molecule has 0 bridgehead atoms. The smallest absolute Gasteiger partial charge is 0.405 e. The Balaban J connectivity index is 2.02. The highest BCUT2D eigenvalue weighted by Gasteiger charge is 2.43. The number of aryl methyl sites for hydroxylation is 4. The molecule has 1 heterocycles. The van der Waals surface area contributed by atoms with Gasteiger partial charge in [0.25, 0.3) is 0 Å². The number of phenolic OH excluding ortho intramolecular Hbond substituents is 1. The van der Waals surface area contributed by atoms with E-state index in [1.807, 2.05) is 4.72 Å². The summed E-state index contributed by atoms with van der Waals surface area (Å²) in [5, 5.41) is 10.4. The van der Waals surface area contributed by atoms with Gasteiger partial charge in [-0.15, -0.1) is 0 Å². The summed E-state index contributed by atoms with van der Waals surface area (Å²) >= 11 is 0. The molecule has 1 aromatic heterocycles. The van der Waals surface area contributed by atoms with Crippen molar-refractivity contribution in [3.05, 3.63) is 58.3 Å². The zero-order valence-corrected chi connectivity index (χ0v) is 17.8. The highest BCUT2D eigenvalue weighted by molar-refractivity contribution is 7.89. The molecule has 0 radical (unpaired) electrons. The van der Waals surface area contributed by atoms with Gasteiger partial charge in [0.1, 0.15) is 11.8 Å². The van der Waals surface area contributed by atoms with E-state index in [9.17, 15) is 26.7 Å². The summed E-state index contributed by atoms with van der Waals surface area (Å²) in [6.07, 6.45) is -4.02. The summed E-state index contributed by atoms with van der Waals surface area (Å²) in [7, 11) is -4.43. The minimum absolute atomic E-state index is 0.0432. The fourth-order valence-corrected chi connectivity index (χ4v) is 5.59. The minimum atomic E-state index is -4.81. The van der Waals surface area contributed by atoms with Crippen molar-refractivity contribution in [3.63, 3.8) is 0 Å².